The SMILES string of the molecule is [B]C([B])(CC)CC1CC2CCCC2C1. The Balaban J connectivity index is 1.84. The quantitative estimate of drug-likeness (QED) is 0.594. The van der Waals surface area contributed by atoms with Gasteiger partial charge in [0.25, 0.3) is 0 Å². The van der Waals surface area contributed by atoms with Gasteiger partial charge in [0.05, 0.1) is 15.7 Å². The van der Waals surface area contributed by atoms with Crippen molar-refractivity contribution in [3.8, 4) is 0 Å². The van der Waals surface area contributed by atoms with Gasteiger partial charge in [0.2, 0.25) is 0 Å². The Morgan fingerprint density at radius 1 is 1.14 bits per heavy atom. The first kappa shape index (κ1) is 10.6. The van der Waals surface area contributed by atoms with Gasteiger partial charge >= 0.3 is 0 Å². The fourth-order valence-corrected chi connectivity index (χ4v) is 3.54. The zero-order valence-electron chi connectivity index (χ0n) is 9.34. The van der Waals surface area contributed by atoms with E-state index in [0.29, 0.717) is 0 Å². The molecule has 0 spiro atoms. The molecule has 2 rings (SSSR count). The number of hydrogen-bond donors (Lipinski definition) is 0. The maximum Gasteiger partial charge on any atom is 0.0620 e. The van der Waals surface area contributed by atoms with Crippen molar-refractivity contribution in [2.45, 2.75) is 57.1 Å². The van der Waals surface area contributed by atoms with Crippen LogP contribution in [-0.2, 0) is 0 Å². The Hall–Kier alpha value is 0.130. The zero-order chi connectivity index (χ0) is 10.2. The highest BCUT2D eigenvalue weighted by atomic mass is 14.4. The van der Waals surface area contributed by atoms with Crippen LogP contribution in [0.3, 0.4) is 0 Å². The third-order valence-electron chi connectivity index (χ3n) is 4.42. The van der Waals surface area contributed by atoms with Gasteiger partial charge in [-0.25, -0.2) is 0 Å². The van der Waals surface area contributed by atoms with Crippen LogP contribution < -0.4 is 0 Å². The van der Waals surface area contributed by atoms with Gasteiger partial charge in [-0.15, -0.1) is 0 Å². The summed E-state index contributed by atoms with van der Waals surface area (Å²) in [6.45, 7) is 2.09. The molecule has 2 fully saturated rings. The van der Waals surface area contributed by atoms with E-state index in [2.05, 4.69) is 6.92 Å². The van der Waals surface area contributed by atoms with E-state index in [1.54, 1.807) is 0 Å². The maximum atomic E-state index is 6.02. The minimum Gasteiger partial charge on any atom is -0.0990 e. The van der Waals surface area contributed by atoms with Crippen LogP contribution in [0.4, 0.5) is 0 Å². The van der Waals surface area contributed by atoms with E-state index in [4.69, 9.17) is 15.7 Å². The van der Waals surface area contributed by atoms with E-state index in [1.807, 2.05) is 0 Å². The van der Waals surface area contributed by atoms with E-state index >= 15 is 0 Å². The van der Waals surface area contributed by atoms with Crippen molar-refractivity contribution in [2.75, 3.05) is 0 Å². The predicted octanol–water partition coefficient (Wildman–Crippen LogP) is 3.07. The molecule has 2 aliphatic rings. The molecule has 14 heavy (non-hydrogen) atoms. The second-order valence-electron chi connectivity index (χ2n) is 5.58. The molecule has 0 aromatic heterocycles. The summed E-state index contributed by atoms with van der Waals surface area (Å²) >= 11 is 0. The van der Waals surface area contributed by atoms with Gasteiger partial charge in [0.1, 0.15) is 0 Å². The van der Waals surface area contributed by atoms with Crippen LogP contribution >= 0.6 is 0 Å². The van der Waals surface area contributed by atoms with Crippen molar-refractivity contribution in [2.24, 2.45) is 17.8 Å². The molecule has 0 N–H and O–H groups in total. The molecule has 0 nitrogen and oxygen atoms in total. The minimum absolute atomic E-state index is 0.400. The van der Waals surface area contributed by atoms with Crippen LogP contribution in [0.15, 0.2) is 0 Å². The number of rotatable bonds is 3. The van der Waals surface area contributed by atoms with E-state index in [9.17, 15) is 0 Å². The average Bonchev–Trinajstić information content (AvgIpc) is 2.63. The van der Waals surface area contributed by atoms with Crippen molar-refractivity contribution in [3.63, 3.8) is 0 Å². The summed E-state index contributed by atoms with van der Waals surface area (Å²) in [6, 6.07) is 0. The molecule has 2 saturated carbocycles. The Morgan fingerprint density at radius 2 is 1.71 bits per heavy atom. The van der Waals surface area contributed by atoms with Crippen molar-refractivity contribution >= 4 is 15.7 Å². The van der Waals surface area contributed by atoms with Crippen LogP contribution in [-0.4, -0.2) is 15.7 Å². The summed E-state index contributed by atoms with van der Waals surface area (Å²) in [6.07, 6.45) is 9.15. The van der Waals surface area contributed by atoms with Gasteiger partial charge in [-0.3, -0.25) is 0 Å². The van der Waals surface area contributed by atoms with Crippen LogP contribution in [0.5, 0.6) is 0 Å². The molecule has 0 aromatic rings. The second-order valence-corrected chi connectivity index (χ2v) is 5.58. The lowest BCUT2D eigenvalue weighted by molar-refractivity contribution is 0.422. The largest absolute Gasteiger partial charge is 0.0990 e. The first-order chi connectivity index (χ1) is 6.61. The summed E-state index contributed by atoms with van der Waals surface area (Å²) in [5, 5.41) is -0.400. The topological polar surface area (TPSA) is 0 Å². The summed E-state index contributed by atoms with van der Waals surface area (Å²) in [7, 11) is 12.0. The smallest absolute Gasteiger partial charge is 0.0620 e. The molecule has 0 heterocycles. The third kappa shape index (κ3) is 2.20. The van der Waals surface area contributed by atoms with Gasteiger partial charge in [-0.1, -0.05) is 44.2 Å². The van der Waals surface area contributed by atoms with Gasteiger partial charge in [0.15, 0.2) is 0 Å². The highest BCUT2D eigenvalue weighted by Gasteiger charge is 2.38. The highest BCUT2D eigenvalue weighted by Crippen LogP contribution is 2.50. The normalized spacial score (nSPS) is 37.4. The van der Waals surface area contributed by atoms with Crippen LogP contribution in [0.2, 0.25) is 5.21 Å². The molecule has 2 atom stereocenters. The molecule has 0 saturated heterocycles. The van der Waals surface area contributed by atoms with Gasteiger partial charge < -0.3 is 0 Å². The van der Waals surface area contributed by atoms with Crippen LogP contribution in [0, 0.1) is 17.8 Å². The lowest BCUT2D eigenvalue weighted by atomic mass is 9.50. The van der Waals surface area contributed by atoms with E-state index in [1.165, 1.54) is 32.1 Å². The first-order valence-corrected chi connectivity index (χ1v) is 6.18. The van der Waals surface area contributed by atoms with Crippen LogP contribution in [0.25, 0.3) is 0 Å². The fraction of sp³-hybridized carbons (Fsp3) is 1.00. The molecular formula is C12H20B2. The molecule has 0 amide bonds. The number of hydrogen-bond acceptors (Lipinski definition) is 0. The van der Waals surface area contributed by atoms with Crippen molar-refractivity contribution in [1.82, 2.24) is 0 Å². The van der Waals surface area contributed by atoms with Crippen molar-refractivity contribution in [1.29, 1.82) is 0 Å². The maximum absolute atomic E-state index is 6.02. The molecule has 4 radical (unpaired) electrons. The van der Waals surface area contributed by atoms with Gasteiger partial charge in [-0.05, 0) is 30.6 Å². The lowest BCUT2D eigenvalue weighted by Crippen LogP contribution is -2.16. The summed E-state index contributed by atoms with van der Waals surface area (Å²) < 4.78 is 0. The summed E-state index contributed by atoms with van der Waals surface area (Å²) in [4.78, 5) is 0. The molecule has 2 heteroatoms. The predicted molar refractivity (Wildman–Crippen MR) is 62.7 cm³/mol. The Kier molecular flexibility index (Phi) is 3.00. The lowest BCUT2D eigenvalue weighted by Gasteiger charge is -2.27. The van der Waals surface area contributed by atoms with Gasteiger partial charge in [-0.2, -0.15) is 0 Å². The summed E-state index contributed by atoms with van der Waals surface area (Å²) in [5.41, 5.74) is 0. The Bertz CT molecular complexity index is 188. The summed E-state index contributed by atoms with van der Waals surface area (Å²) in [5.74, 6) is 2.86. The molecule has 0 aliphatic heterocycles. The Morgan fingerprint density at radius 3 is 2.21 bits per heavy atom. The molecule has 2 unspecified atom stereocenters. The molecule has 0 aromatic carbocycles. The van der Waals surface area contributed by atoms with Crippen molar-refractivity contribution in [3.05, 3.63) is 0 Å². The molecule has 74 valence electrons. The second kappa shape index (κ2) is 3.94. The number of fused-ring (bicyclic) bond motifs is 1. The zero-order valence-corrected chi connectivity index (χ0v) is 9.34. The van der Waals surface area contributed by atoms with E-state index in [0.717, 1.165) is 30.6 Å². The fourth-order valence-electron chi connectivity index (χ4n) is 3.54. The standard InChI is InChI=1S/C12H20B2/c1-2-12(13,14)8-9-6-10-4-3-5-11(10)7-9/h9-11H,2-8H2,1H3. The molecule has 2 aliphatic carbocycles. The van der Waals surface area contributed by atoms with E-state index in [-0.39, 0.29) is 0 Å². The molecular weight excluding hydrogens is 166 g/mol. The Labute approximate surface area is 91.0 Å². The van der Waals surface area contributed by atoms with Crippen LogP contribution in [0.1, 0.15) is 51.9 Å². The first-order valence-electron chi connectivity index (χ1n) is 6.18. The average molecular weight is 186 g/mol. The monoisotopic (exact) mass is 186 g/mol. The highest BCUT2D eigenvalue weighted by molar-refractivity contribution is 6.39. The van der Waals surface area contributed by atoms with Crippen molar-refractivity contribution < 1.29 is 0 Å². The third-order valence-corrected chi connectivity index (χ3v) is 4.42. The van der Waals surface area contributed by atoms with E-state index < -0.39 is 5.21 Å². The molecule has 0 bridgehead atoms. The van der Waals surface area contributed by atoms with Gasteiger partial charge in [0, 0.05) is 0 Å². The minimum atomic E-state index is -0.400.